The number of rotatable bonds is 2. The number of aromatic hydroxyl groups is 1. The van der Waals surface area contributed by atoms with Gasteiger partial charge < -0.3 is 25.4 Å². The van der Waals surface area contributed by atoms with E-state index >= 15 is 0 Å². The number of aliphatic hydroxyl groups is 2. The molecule has 3 amide bonds. The van der Waals surface area contributed by atoms with Crippen molar-refractivity contribution in [2.45, 2.75) is 66.9 Å². The SMILES string of the molecule is O=C1NC(=O)C2(CCC3(O)C4C(O)c5ccc(O)c6c5C3(CCN4CC3CC3)C2O6)N1. The predicted octanol–water partition coefficient (Wildman–Crippen LogP) is 0.0254. The first-order chi connectivity index (χ1) is 14.8. The second kappa shape index (κ2) is 5.33. The number of nitrogens with one attached hydrogen (secondary N) is 2. The smallest absolute Gasteiger partial charge is 0.322 e. The highest BCUT2D eigenvalue weighted by atomic mass is 16.5. The minimum Gasteiger partial charge on any atom is -0.504 e. The van der Waals surface area contributed by atoms with Gasteiger partial charge in [0.2, 0.25) is 0 Å². The number of carbonyl (C=O) groups excluding carboxylic acids is 2. The maximum Gasteiger partial charge on any atom is 0.322 e. The lowest BCUT2D eigenvalue weighted by Crippen LogP contribution is -2.82. The van der Waals surface area contributed by atoms with E-state index in [1.54, 1.807) is 6.07 Å². The van der Waals surface area contributed by atoms with Gasteiger partial charge in [-0.3, -0.25) is 15.0 Å². The third-order valence-corrected chi connectivity index (χ3v) is 8.87. The van der Waals surface area contributed by atoms with Crippen LogP contribution in [0.5, 0.6) is 11.5 Å². The zero-order chi connectivity index (χ0) is 21.3. The number of benzene rings is 1. The summed E-state index contributed by atoms with van der Waals surface area (Å²) in [5, 5.41) is 39.6. The van der Waals surface area contributed by atoms with Crippen LogP contribution in [0.25, 0.3) is 0 Å². The van der Waals surface area contributed by atoms with E-state index in [4.69, 9.17) is 4.74 Å². The first-order valence-electron chi connectivity index (χ1n) is 11.1. The van der Waals surface area contributed by atoms with E-state index < -0.39 is 46.7 Å². The third kappa shape index (κ3) is 1.87. The molecule has 3 aliphatic heterocycles. The zero-order valence-corrected chi connectivity index (χ0v) is 16.9. The number of fused-ring (bicyclic) bond motifs is 1. The minimum atomic E-state index is -1.35. The van der Waals surface area contributed by atoms with Crippen LogP contribution >= 0.6 is 0 Å². The summed E-state index contributed by atoms with van der Waals surface area (Å²) in [6, 6.07) is 2.09. The maximum absolute atomic E-state index is 13.0. The van der Waals surface area contributed by atoms with Gasteiger partial charge in [-0.15, -0.1) is 0 Å². The van der Waals surface area contributed by atoms with Gasteiger partial charge in [0, 0.05) is 12.1 Å². The highest BCUT2D eigenvalue weighted by Crippen LogP contribution is 2.69. The number of carbonyl (C=O) groups is 2. The fourth-order valence-corrected chi connectivity index (χ4v) is 7.45. The molecule has 2 saturated carbocycles. The number of piperidine rings is 1. The Morgan fingerprint density at radius 3 is 2.71 bits per heavy atom. The van der Waals surface area contributed by atoms with E-state index in [0.29, 0.717) is 30.0 Å². The van der Waals surface area contributed by atoms with Gasteiger partial charge in [0.25, 0.3) is 5.91 Å². The molecule has 5 N–H and O–H groups in total. The molecule has 0 aromatic heterocycles. The van der Waals surface area contributed by atoms with Crippen LogP contribution in [0.1, 0.15) is 49.3 Å². The van der Waals surface area contributed by atoms with Crippen molar-refractivity contribution in [2.24, 2.45) is 5.92 Å². The van der Waals surface area contributed by atoms with Gasteiger partial charge in [0.1, 0.15) is 6.10 Å². The average molecular weight is 427 g/mol. The van der Waals surface area contributed by atoms with Gasteiger partial charge in [0.15, 0.2) is 17.0 Å². The normalized spacial score (nSPS) is 44.6. The van der Waals surface area contributed by atoms with Gasteiger partial charge in [-0.1, -0.05) is 6.07 Å². The van der Waals surface area contributed by atoms with Gasteiger partial charge in [-0.2, -0.15) is 0 Å². The summed E-state index contributed by atoms with van der Waals surface area (Å²) in [5.41, 5.74) is -2.45. The minimum absolute atomic E-state index is 0.0872. The molecule has 1 aromatic rings. The Kier molecular flexibility index (Phi) is 3.14. The van der Waals surface area contributed by atoms with Crippen molar-refractivity contribution in [3.05, 3.63) is 23.3 Å². The van der Waals surface area contributed by atoms with Gasteiger partial charge in [-0.05, 0) is 56.2 Å². The number of phenolic OH excluding ortho intramolecular Hbond substituents is 1. The molecule has 2 spiro atoms. The van der Waals surface area contributed by atoms with Gasteiger partial charge >= 0.3 is 6.03 Å². The molecular weight excluding hydrogens is 402 g/mol. The summed E-state index contributed by atoms with van der Waals surface area (Å²) < 4.78 is 6.29. The van der Waals surface area contributed by atoms with Crippen LogP contribution in [0.3, 0.4) is 0 Å². The largest absolute Gasteiger partial charge is 0.504 e. The Labute approximate surface area is 178 Å². The monoisotopic (exact) mass is 427 g/mol. The third-order valence-electron chi connectivity index (χ3n) is 8.87. The average Bonchev–Trinajstić information content (AvgIpc) is 3.39. The molecule has 31 heavy (non-hydrogen) atoms. The van der Waals surface area contributed by atoms with Crippen LogP contribution < -0.4 is 15.4 Å². The highest BCUT2D eigenvalue weighted by Gasteiger charge is 2.79. The Morgan fingerprint density at radius 1 is 1.19 bits per heavy atom. The molecule has 4 fully saturated rings. The zero-order valence-electron chi connectivity index (χ0n) is 16.9. The van der Waals surface area contributed by atoms with Crippen molar-refractivity contribution in [1.82, 2.24) is 15.5 Å². The quantitative estimate of drug-likeness (QED) is 0.421. The molecule has 7 rings (SSSR count). The van der Waals surface area contributed by atoms with Crippen LogP contribution in [0, 0.1) is 5.92 Å². The highest BCUT2D eigenvalue weighted by molar-refractivity contribution is 6.08. The van der Waals surface area contributed by atoms with E-state index in [9.17, 15) is 24.9 Å². The summed E-state index contributed by atoms with van der Waals surface area (Å²) in [6.45, 7) is 1.47. The summed E-state index contributed by atoms with van der Waals surface area (Å²) >= 11 is 0. The van der Waals surface area contributed by atoms with Crippen molar-refractivity contribution < 1.29 is 29.6 Å². The van der Waals surface area contributed by atoms with E-state index in [1.807, 2.05) is 0 Å². The lowest BCUT2D eigenvalue weighted by atomic mass is 9.45. The number of aliphatic hydroxyl groups excluding tert-OH is 1. The molecule has 0 radical (unpaired) electrons. The molecule has 6 aliphatic rings. The number of hydrogen-bond acceptors (Lipinski definition) is 7. The van der Waals surface area contributed by atoms with Crippen molar-refractivity contribution in [1.29, 1.82) is 0 Å². The number of likely N-dealkylation sites (tertiary alicyclic amines) is 1. The first kappa shape index (κ1) is 18.2. The fourth-order valence-electron chi connectivity index (χ4n) is 7.45. The van der Waals surface area contributed by atoms with Gasteiger partial charge in [-0.25, -0.2) is 4.79 Å². The molecule has 2 saturated heterocycles. The Balaban J connectivity index is 1.48. The van der Waals surface area contributed by atoms with Crippen molar-refractivity contribution in [3.63, 3.8) is 0 Å². The molecule has 3 heterocycles. The van der Waals surface area contributed by atoms with Crippen LogP contribution in [-0.2, 0) is 10.2 Å². The number of amides is 3. The second-order valence-electron chi connectivity index (χ2n) is 10.2. The van der Waals surface area contributed by atoms with Crippen molar-refractivity contribution >= 4 is 11.9 Å². The number of phenols is 1. The summed E-state index contributed by atoms with van der Waals surface area (Å²) in [4.78, 5) is 27.4. The second-order valence-corrected chi connectivity index (χ2v) is 10.2. The number of imide groups is 1. The Hall–Kier alpha value is -2.36. The van der Waals surface area contributed by atoms with Crippen molar-refractivity contribution in [3.8, 4) is 11.5 Å². The van der Waals surface area contributed by atoms with Crippen LogP contribution in [0.4, 0.5) is 4.79 Å². The fraction of sp³-hybridized carbons (Fsp3) is 0.636. The first-order valence-corrected chi connectivity index (χ1v) is 11.1. The Bertz CT molecular complexity index is 1060. The van der Waals surface area contributed by atoms with Crippen LogP contribution in [-0.4, -0.2) is 68.5 Å². The lowest BCUT2D eigenvalue weighted by molar-refractivity contribution is -0.225. The van der Waals surface area contributed by atoms with Crippen molar-refractivity contribution in [2.75, 3.05) is 13.1 Å². The molecular formula is C22H25N3O6. The molecule has 1 aromatic carbocycles. The predicted molar refractivity (Wildman–Crippen MR) is 105 cm³/mol. The molecule has 2 bridgehead atoms. The van der Waals surface area contributed by atoms with Crippen LogP contribution in [0.2, 0.25) is 0 Å². The van der Waals surface area contributed by atoms with E-state index in [2.05, 4.69) is 15.5 Å². The molecule has 3 aliphatic carbocycles. The maximum atomic E-state index is 13.0. The summed E-state index contributed by atoms with van der Waals surface area (Å²) in [7, 11) is 0. The number of ether oxygens (including phenoxy) is 1. The lowest BCUT2D eigenvalue weighted by Gasteiger charge is -2.66. The summed E-state index contributed by atoms with van der Waals surface area (Å²) in [5.74, 6) is 0.253. The molecule has 164 valence electrons. The molecule has 6 atom stereocenters. The number of nitrogens with zero attached hydrogens (tertiary/aromatic N) is 1. The number of hydrogen-bond donors (Lipinski definition) is 5. The summed E-state index contributed by atoms with van der Waals surface area (Å²) in [6.07, 6.45) is 1.46. The van der Waals surface area contributed by atoms with E-state index in [-0.39, 0.29) is 24.3 Å². The Morgan fingerprint density at radius 2 is 2.00 bits per heavy atom. The molecule has 9 heteroatoms. The molecule has 9 nitrogen and oxygen atoms in total. The van der Waals surface area contributed by atoms with Gasteiger partial charge in [0.05, 0.1) is 23.2 Å². The number of urea groups is 1. The van der Waals surface area contributed by atoms with E-state index in [1.165, 1.54) is 18.9 Å². The van der Waals surface area contributed by atoms with Crippen LogP contribution in [0.15, 0.2) is 12.1 Å². The standard InChI is InChI=1S/C22H25N3O6/c26-12-4-3-11-13-15(12)31-17-20(13)7-8-25(9-10-1-2-10)16(14(11)27)22(20,30)6-5-21(17)18(28)23-19(29)24-21/h3-4,10,14,16-17,26-27,30H,1-2,5-9H2,(H2,23,24,28,29). The van der Waals surface area contributed by atoms with E-state index in [0.717, 1.165) is 6.54 Å². The molecule has 6 unspecified atom stereocenters. The topological polar surface area (TPSA) is 131 Å².